The Kier molecular flexibility index (Phi) is 9.17. The van der Waals surface area contributed by atoms with Crippen LogP contribution in [0.5, 0.6) is 0 Å². The highest BCUT2D eigenvalue weighted by Gasteiger charge is 2.40. The van der Waals surface area contributed by atoms with Crippen LogP contribution >= 0.6 is 7.82 Å². The molecular weight excluding hydrogens is 519 g/mol. The summed E-state index contributed by atoms with van der Waals surface area (Å²) in [6.45, 7) is 4.70. The molecular formula is C23H29N6O8P. The van der Waals surface area contributed by atoms with E-state index in [-0.39, 0.29) is 17.3 Å². The highest BCUT2D eigenvalue weighted by Crippen LogP contribution is 2.36. The summed E-state index contributed by atoms with van der Waals surface area (Å²) in [5.74, 6) is -0.801. The van der Waals surface area contributed by atoms with Gasteiger partial charge in [-0.25, -0.2) is 28.8 Å². The van der Waals surface area contributed by atoms with E-state index in [1.165, 1.54) is 6.20 Å². The van der Waals surface area contributed by atoms with Crippen molar-refractivity contribution in [1.29, 1.82) is 0 Å². The van der Waals surface area contributed by atoms with E-state index in [0.717, 1.165) is 16.8 Å². The lowest BCUT2D eigenvalue weighted by atomic mass is 10.1. The second-order valence-electron chi connectivity index (χ2n) is 8.33. The van der Waals surface area contributed by atoms with Crippen molar-refractivity contribution in [3.05, 3.63) is 52.3 Å². The van der Waals surface area contributed by atoms with Crippen LogP contribution in [0.3, 0.4) is 0 Å². The number of aromatic nitrogens is 1. The second kappa shape index (κ2) is 12.1. The molecule has 0 aliphatic heterocycles. The summed E-state index contributed by atoms with van der Waals surface area (Å²) in [5, 5.41) is 2.73. The number of benzene rings is 1. The third-order valence-electron chi connectivity index (χ3n) is 5.56. The third-order valence-corrected chi connectivity index (χ3v) is 6.00. The molecule has 38 heavy (non-hydrogen) atoms. The van der Waals surface area contributed by atoms with Gasteiger partial charge in [0, 0.05) is 24.3 Å². The van der Waals surface area contributed by atoms with Crippen LogP contribution in [-0.4, -0.2) is 69.1 Å². The number of phosphoric ester groups is 1. The molecule has 0 radical (unpaired) electrons. The molecule has 2 aromatic rings. The Morgan fingerprint density at radius 1 is 1.29 bits per heavy atom. The zero-order chi connectivity index (χ0) is 28.0. The standard InChI is InChI=1S/C23H29N6O8P/c1-4-25-21(30)15-6-5-13(2)18(9-15)28-20(27-11-24)19-14(3)17(10-26-19)22(31)29(16-7-8-16)23(32)36-12-37-38(33,34)35/h5-6,9-11,16,26H,4,7-8,12H2,1-3H3,(H,25,30)(H2,24,27,28)(H2,33,34,35). The van der Waals surface area contributed by atoms with E-state index in [1.54, 1.807) is 25.1 Å². The van der Waals surface area contributed by atoms with E-state index >= 15 is 0 Å². The third kappa shape index (κ3) is 7.13. The van der Waals surface area contributed by atoms with Gasteiger partial charge in [0.2, 0.25) is 6.79 Å². The van der Waals surface area contributed by atoms with Crippen molar-refractivity contribution in [2.45, 2.75) is 39.7 Å². The van der Waals surface area contributed by atoms with Crippen LogP contribution in [0.2, 0.25) is 0 Å². The number of carbonyl (C=O) groups excluding carboxylic acids is 3. The maximum Gasteiger partial charge on any atom is 0.472 e. The quantitative estimate of drug-likeness (QED) is 0.134. The van der Waals surface area contributed by atoms with Gasteiger partial charge in [-0.1, -0.05) is 6.07 Å². The molecule has 1 heterocycles. The highest BCUT2D eigenvalue weighted by molar-refractivity contribution is 7.46. The maximum atomic E-state index is 13.3. The zero-order valence-electron chi connectivity index (χ0n) is 21.0. The minimum atomic E-state index is -4.85. The molecule has 0 spiro atoms. The Bertz CT molecular complexity index is 1330. The number of hydrogen-bond donors (Lipinski definition) is 5. The first-order chi connectivity index (χ1) is 18.0. The molecule has 0 saturated heterocycles. The Morgan fingerprint density at radius 3 is 2.61 bits per heavy atom. The van der Waals surface area contributed by atoms with E-state index in [4.69, 9.17) is 20.3 Å². The topological polar surface area (TPSA) is 209 Å². The molecule has 3 rings (SSSR count). The van der Waals surface area contributed by atoms with Gasteiger partial charge >= 0.3 is 13.9 Å². The number of rotatable bonds is 9. The second-order valence-corrected chi connectivity index (χ2v) is 9.57. The number of aliphatic imine (C=N–C) groups is 2. The van der Waals surface area contributed by atoms with Gasteiger partial charge < -0.3 is 30.6 Å². The van der Waals surface area contributed by atoms with E-state index in [0.29, 0.717) is 41.9 Å². The van der Waals surface area contributed by atoms with Crippen molar-refractivity contribution in [3.8, 4) is 0 Å². The average Bonchev–Trinajstić information content (AvgIpc) is 3.59. The molecule has 1 aliphatic rings. The predicted octanol–water partition coefficient (Wildman–Crippen LogP) is 2.25. The molecule has 1 aliphatic carbocycles. The van der Waals surface area contributed by atoms with Crippen LogP contribution in [0.1, 0.15) is 57.3 Å². The summed E-state index contributed by atoms with van der Waals surface area (Å²) >= 11 is 0. The fourth-order valence-corrected chi connectivity index (χ4v) is 3.68. The minimum Gasteiger partial charge on any atom is -0.421 e. The Morgan fingerprint density at radius 2 is 2.00 bits per heavy atom. The van der Waals surface area contributed by atoms with Gasteiger partial charge in [-0.2, -0.15) is 0 Å². The van der Waals surface area contributed by atoms with Crippen molar-refractivity contribution in [2.24, 2.45) is 15.7 Å². The van der Waals surface area contributed by atoms with E-state index < -0.39 is 32.7 Å². The largest absolute Gasteiger partial charge is 0.472 e. The number of carbonyl (C=O) groups is 3. The van der Waals surface area contributed by atoms with Crippen LogP contribution in [0, 0.1) is 13.8 Å². The number of H-pyrrole nitrogens is 1. The molecule has 1 aromatic carbocycles. The normalized spacial score (nSPS) is 14.0. The molecule has 6 N–H and O–H groups in total. The number of aryl methyl sites for hydroxylation is 1. The number of phosphoric acid groups is 1. The number of nitrogens with two attached hydrogens (primary N) is 1. The number of nitrogens with one attached hydrogen (secondary N) is 2. The van der Waals surface area contributed by atoms with E-state index in [2.05, 4.69) is 24.8 Å². The predicted molar refractivity (Wildman–Crippen MR) is 137 cm³/mol. The highest BCUT2D eigenvalue weighted by atomic mass is 31.2. The molecule has 3 amide bonds. The van der Waals surface area contributed by atoms with Crippen molar-refractivity contribution >= 4 is 43.6 Å². The lowest BCUT2D eigenvalue weighted by molar-refractivity contribution is 0.0193. The first kappa shape index (κ1) is 28.7. The molecule has 1 saturated carbocycles. The number of amides is 3. The molecule has 1 aromatic heterocycles. The van der Waals surface area contributed by atoms with Gasteiger partial charge in [-0.05, 0) is 56.9 Å². The zero-order valence-corrected chi connectivity index (χ0v) is 21.9. The number of nitrogens with zero attached hydrogens (tertiary/aromatic N) is 3. The molecule has 0 atom stereocenters. The van der Waals surface area contributed by atoms with Gasteiger partial charge in [0.15, 0.2) is 5.84 Å². The van der Waals surface area contributed by atoms with Crippen molar-refractivity contribution < 1.29 is 38.0 Å². The lowest BCUT2D eigenvalue weighted by Gasteiger charge is -2.20. The van der Waals surface area contributed by atoms with Crippen LogP contribution in [0.15, 0.2) is 34.4 Å². The Balaban J connectivity index is 1.91. The fraction of sp³-hybridized carbons (Fsp3) is 0.348. The first-order valence-corrected chi connectivity index (χ1v) is 13.1. The SMILES string of the molecule is CCNC(=O)c1ccc(C)c(N=C(N=CN)c2[nH]cc(C(=O)N(C(=O)OCOP(=O)(O)O)C3CC3)c2C)c1. The van der Waals surface area contributed by atoms with Gasteiger partial charge in [0.1, 0.15) is 0 Å². The van der Waals surface area contributed by atoms with Gasteiger partial charge in [-0.3, -0.25) is 9.59 Å². The van der Waals surface area contributed by atoms with Crippen LogP contribution in [0.4, 0.5) is 10.5 Å². The molecule has 14 nitrogen and oxygen atoms in total. The van der Waals surface area contributed by atoms with Crippen molar-refractivity contribution in [3.63, 3.8) is 0 Å². The molecule has 15 heteroatoms. The number of ether oxygens (including phenoxy) is 1. The number of amidine groups is 1. The smallest absolute Gasteiger partial charge is 0.421 e. The van der Waals surface area contributed by atoms with E-state index in [9.17, 15) is 18.9 Å². The van der Waals surface area contributed by atoms with E-state index in [1.807, 2.05) is 13.8 Å². The maximum absolute atomic E-state index is 13.3. The van der Waals surface area contributed by atoms with Crippen molar-refractivity contribution in [1.82, 2.24) is 15.2 Å². The molecule has 0 bridgehead atoms. The first-order valence-electron chi connectivity index (χ1n) is 11.6. The number of aromatic amines is 1. The Hall–Kier alpha value is -3.84. The fourth-order valence-electron chi connectivity index (χ4n) is 3.49. The molecule has 0 unspecified atom stereocenters. The van der Waals surface area contributed by atoms with Gasteiger partial charge in [0.05, 0.1) is 23.3 Å². The lowest BCUT2D eigenvalue weighted by Crippen LogP contribution is -2.39. The van der Waals surface area contributed by atoms with Crippen LogP contribution in [-0.2, 0) is 13.8 Å². The minimum absolute atomic E-state index is 0.132. The van der Waals surface area contributed by atoms with Crippen LogP contribution in [0.25, 0.3) is 0 Å². The summed E-state index contributed by atoms with van der Waals surface area (Å²) in [6.07, 6.45) is 2.45. The summed E-state index contributed by atoms with van der Waals surface area (Å²) < 4.78 is 19.7. The Labute approximate surface area is 218 Å². The number of imide groups is 1. The van der Waals surface area contributed by atoms with Gasteiger partial charge in [-0.15, -0.1) is 0 Å². The van der Waals surface area contributed by atoms with Crippen molar-refractivity contribution in [2.75, 3.05) is 13.3 Å². The molecule has 204 valence electrons. The summed E-state index contributed by atoms with van der Waals surface area (Å²) in [4.78, 5) is 68.2. The summed E-state index contributed by atoms with van der Waals surface area (Å²) in [6, 6.07) is 4.62. The van der Waals surface area contributed by atoms with Crippen LogP contribution < -0.4 is 11.1 Å². The van der Waals surface area contributed by atoms with Gasteiger partial charge in [0.25, 0.3) is 11.8 Å². The molecule has 1 fully saturated rings. The number of hydrogen-bond acceptors (Lipinski definition) is 7. The average molecular weight is 548 g/mol. The summed E-state index contributed by atoms with van der Waals surface area (Å²) in [7, 11) is -4.85. The monoisotopic (exact) mass is 548 g/mol. The summed E-state index contributed by atoms with van der Waals surface area (Å²) in [5.41, 5.74) is 8.09.